The van der Waals surface area contributed by atoms with Crippen molar-refractivity contribution in [3.63, 3.8) is 0 Å². The Balaban J connectivity index is 1.73. The van der Waals surface area contributed by atoms with E-state index in [0.717, 1.165) is 22.7 Å². The molecule has 3 rings (SSSR count). The van der Waals surface area contributed by atoms with Gasteiger partial charge in [-0.05, 0) is 32.0 Å². The fourth-order valence-electron chi connectivity index (χ4n) is 2.70. The van der Waals surface area contributed by atoms with Gasteiger partial charge in [-0.15, -0.1) is 0 Å². The number of hydrogen-bond acceptors (Lipinski definition) is 4. The van der Waals surface area contributed by atoms with Gasteiger partial charge in [-0.3, -0.25) is 15.0 Å². The van der Waals surface area contributed by atoms with Crippen LogP contribution in [0, 0.1) is 6.92 Å². The van der Waals surface area contributed by atoms with E-state index in [-0.39, 0.29) is 11.9 Å². The molecule has 0 aliphatic heterocycles. The van der Waals surface area contributed by atoms with Crippen LogP contribution < -0.4 is 10.1 Å². The van der Waals surface area contributed by atoms with Crippen LogP contribution in [0.3, 0.4) is 0 Å². The molecule has 1 amide bonds. The van der Waals surface area contributed by atoms with Gasteiger partial charge in [-0.25, -0.2) is 0 Å². The first kappa shape index (κ1) is 16.8. The van der Waals surface area contributed by atoms with Gasteiger partial charge in [0.15, 0.2) is 0 Å². The number of benzene rings is 1. The molecule has 0 bridgehead atoms. The molecule has 7 nitrogen and oxygen atoms in total. The van der Waals surface area contributed by atoms with Gasteiger partial charge < -0.3 is 10.1 Å². The predicted molar refractivity (Wildman–Crippen MR) is 94.5 cm³/mol. The second kappa shape index (κ2) is 7.21. The molecule has 2 aromatic heterocycles. The number of nitrogens with zero attached hydrogens (tertiary/aromatic N) is 2. The highest BCUT2D eigenvalue weighted by Gasteiger charge is 2.18. The second-order valence-corrected chi connectivity index (χ2v) is 6.01. The predicted octanol–water partition coefficient (Wildman–Crippen LogP) is 2.48. The van der Waals surface area contributed by atoms with Gasteiger partial charge in [0.05, 0.1) is 30.3 Å². The molecule has 25 heavy (non-hydrogen) atoms. The second-order valence-electron chi connectivity index (χ2n) is 6.01. The van der Waals surface area contributed by atoms with Gasteiger partial charge in [-0.1, -0.05) is 12.1 Å². The van der Waals surface area contributed by atoms with Gasteiger partial charge in [0, 0.05) is 23.7 Å². The van der Waals surface area contributed by atoms with Crippen LogP contribution >= 0.6 is 0 Å². The molecular weight excluding hydrogens is 318 g/mol. The third kappa shape index (κ3) is 3.88. The third-order valence-corrected chi connectivity index (χ3v) is 3.89. The van der Waals surface area contributed by atoms with Crippen molar-refractivity contribution in [3.05, 3.63) is 53.5 Å². The molecule has 1 atom stereocenters. The maximum absolute atomic E-state index is 12.6. The first-order chi connectivity index (χ1) is 12.1. The van der Waals surface area contributed by atoms with Crippen LogP contribution in [0.4, 0.5) is 0 Å². The van der Waals surface area contributed by atoms with Crippen molar-refractivity contribution in [2.75, 3.05) is 7.11 Å². The van der Waals surface area contributed by atoms with Crippen molar-refractivity contribution in [1.82, 2.24) is 25.7 Å². The van der Waals surface area contributed by atoms with E-state index in [1.807, 2.05) is 44.2 Å². The van der Waals surface area contributed by atoms with E-state index in [2.05, 4.69) is 25.7 Å². The van der Waals surface area contributed by atoms with E-state index in [4.69, 9.17) is 4.74 Å². The minimum atomic E-state index is -0.175. The van der Waals surface area contributed by atoms with Crippen LogP contribution in [0.1, 0.15) is 28.7 Å². The van der Waals surface area contributed by atoms with Crippen LogP contribution in [0.15, 0.2) is 36.5 Å². The van der Waals surface area contributed by atoms with E-state index in [0.29, 0.717) is 17.7 Å². The number of carbonyl (C=O) groups excluding carboxylic acids is 1. The summed E-state index contributed by atoms with van der Waals surface area (Å²) < 4.78 is 5.24. The summed E-state index contributed by atoms with van der Waals surface area (Å²) in [7, 11) is 1.61. The van der Waals surface area contributed by atoms with Gasteiger partial charge in [0.1, 0.15) is 5.75 Å². The average Bonchev–Trinajstić information content (AvgIpc) is 3.24. The van der Waals surface area contributed by atoms with Crippen molar-refractivity contribution in [2.24, 2.45) is 0 Å². The van der Waals surface area contributed by atoms with Crippen LogP contribution in [0.5, 0.6) is 5.75 Å². The number of aromatic amines is 2. The Kier molecular flexibility index (Phi) is 4.83. The van der Waals surface area contributed by atoms with Gasteiger partial charge >= 0.3 is 0 Å². The average molecular weight is 339 g/mol. The summed E-state index contributed by atoms with van der Waals surface area (Å²) in [5.41, 5.74) is 3.93. The third-order valence-electron chi connectivity index (χ3n) is 3.89. The van der Waals surface area contributed by atoms with Crippen LogP contribution in [0.25, 0.3) is 11.3 Å². The lowest BCUT2D eigenvalue weighted by molar-refractivity contribution is 0.0940. The number of aromatic nitrogens is 4. The van der Waals surface area contributed by atoms with E-state index in [9.17, 15) is 4.79 Å². The molecule has 0 aliphatic carbocycles. The molecule has 0 spiro atoms. The first-order valence-corrected chi connectivity index (χ1v) is 8.06. The summed E-state index contributed by atoms with van der Waals surface area (Å²) in [4.78, 5) is 12.6. The lowest BCUT2D eigenvalue weighted by Crippen LogP contribution is -2.34. The number of ether oxygens (including phenoxy) is 1. The maximum atomic E-state index is 12.6. The molecule has 0 radical (unpaired) electrons. The maximum Gasteiger partial charge on any atom is 0.255 e. The first-order valence-electron chi connectivity index (χ1n) is 8.06. The number of rotatable bonds is 6. The molecule has 3 N–H and O–H groups in total. The van der Waals surface area contributed by atoms with E-state index in [1.165, 1.54) is 6.20 Å². The Morgan fingerprint density at radius 3 is 2.88 bits per heavy atom. The summed E-state index contributed by atoms with van der Waals surface area (Å²) in [6.45, 7) is 3.90. The molecule has 0 fully saturated rings. The van der Waals surface area contributed by atoms with Gasteiger partial charge in [-0.2, -0.15) is 10.2 Å². The molecule has 3 aromatic rings. The summed E-state index contributed by atoms with van der Waals surface area (Å²) in [5.74, 6) is 0.548. The molecule has 0 aliphatic rings. The molecule has 7 heteroatoms. The summed E-state index contributed by atoms with van der Waals surface area (Å²) in [6.07, 6.45) is 2.19. The van der Waals surface area contributed by atoms with E-state index >= 15 is 0 Å². The number of H-pyrrole nitrogens is 2. The largest absolute Gasteiger partial charge is 0.497 e. The number of carbonyl (C=O) groups is 1. The topological polar surface area (TPSA) is 95.7 Å². The Labute approximate surface area is 145 Å². The smallest absolute Gasteiger partial charge is 0.255 e. The number of nitrogens with one attached hydrogen (secondary N) is 3. The highest BCUT2D eigenvalue weighted by molar-refractivity contribution is 5.99. The number of hydrogen-bond donors (Lipinski definition) is 3. The number of aryl methyl sites for hydroxylation is 1. The van der Waals surface area contributed by atoms with E-state index < -0.39 is 0 Å². The lowest BCUT2D eigenvalue weighted by Gasteiger charge is -2.13. The Morgan fingerprint density at radius 1 is 1.32 bits per heavy atom. The molecule has 0 saturated heterocycles. The minimum absolute atomic E-state index is 0.0525. The Hall–Kier alpha value is -3.09. The lowest BCUT2D eigenvalue weighted by atomic mass is 10.1. The summed E-state index contributed by atoms with van der Waals surface area (Å²) in [6, 6.07) is 9.42. The SMILES string of the molecule is COc1cccc(-c2[nH]ncc2C(=O)N[C@H](C)Cc2cc(C)[nH]n2)c1. The van der Waals surface area contributed by atoms with Crippen LogP contribution in [-0.4, -0.2) is 39.5 Å². The number of amides is 1. The Morgan fingerprint density at radius 2 is 2.16 bits per heavy atom. The van der Waals surface area contributed by atoms with Crippen molar-refractivity contribution in [1.29, 1.82) is 0 Å². The van der Waals surface area contributed by atoms with Crippen molar-refractivity contribution in [2.45, 2.75) is 26.3 Å². The molecule has 0 saturated carbocycles. The van der Waals surface area contributed by atoms with Crippen molar-refractivity contribution >= 4 is 5.91 Å². The molecule has 130 valence electrons. The fraction of sp³-hybridized carbons (Fsp3) is 0.278. The van der Waals surface area contributed by atoms with Gasteiger partial charge in [0.25, 0.3) is 5.91 Å². The monoisotopic (exact) mass is 339 g/mol. The fourth-order valence-corrected chi connectivity index (χ4v) is 2.70. The molecule has 0 unspecified atom stereocenters. The zero-order valence-electron chi connectivity index (χ0n) is 14.5. The highest BCUT2D eigenvalue weighted by atomic mass is 16.5. The standard InChI is InChI=1S/C18H21N5O2/c1-11(7-14-8-12(2)21-22-14)20-18(24)16-10-19-23-17(16)13-5-4-6-15(9-13)25-3/h4-6,8-11H,7H2,1-3H3,(H,19,23)(H,20,24)(H,21,22)/t11-/m1/s1. The summed E-state index contributed by atoms with van der Waals surface area (Å²) >= 11 is 0. The van der Waals surface area contributed by atoms with Crippen LogP contribution in [-0.2, 0) is 6.42 Å². The zero-order chi connectivity index (χ0) is 17.8. The molecule has 1 aromatic carbocycles. The molecular formula is C18H21N5O2. The Bertz CT molecular complexity index is 868. The molecule has 2 heterocycles. The van der Waals surface area contributed by atoms with Crippen molar-refractivity contribution in [3.8, 4) is 17.0 Å². The van der Waals surface area contributed by atoms with Crippen molar-refractivity contribution < 1.29 is 9.53 Å². The normalized spacial score (nSPS) is 12.0. The quantitative estimate of drug-likeness (QED) is 0.643. The van der Waals surface area contributed by atoms with Crippen LogP contribution in [0.2, 0.25) is 0 Å². The van der Waals surface area contributed by atoms with E-state index in [1.54, 1.807) is 7.11 Å². The minimum Gasteiger partial charge on any atom is -0.497 e. The zero-order valence-corrected chi connectivity index (χ0v) is 14.5. The van der Waals surface area contributed by atoms with Gasteiger partial charge in [0.2, 0.25) is 0 Å². The number of methoxy groups -OCH3 is 1. The highest BCUT2D eigenvalue weighted by Crippen LogP contribution is 2.25. The summed E-state index contributed by atoms with van der Waals surface area (Å²) in [5, 5.41) is 17.0.